The van der Waals surface area contributed by atoms with Gasteiger partial charge in [-0.3, -0.25) is 5.73 Å². The second kappa shape index (κ2) is 9.27. The Bertz CT molecular complexity index is 20.9. The van der Waals surface area contributed by atoms with E-state index in [4.69, 9.17) is 0 Å². The second-order valence-electron chi connectivity index (χ2n) is 1.04. The van der Waals surface area contributed by atoms with Crippen LogP contribution in [-0.4, -0.2) is 6.55 Å². The molecule has 46 valence electrons. The number of nitrogens with two attached hydrogens (primary N) is 1. The van der Waals surface area contributed by atoms with Gasteiger partial charge in [-0.05, 0) is 0 Å². The lowest BCUT2D eigenvalue weighted by Gasteiger charge is -1.72. The standard InChI is InChI=1S/C3H8.CH3F2N/c1-3-2;2-1(3)4/h3H2,1-2H3;1H,4H2. The number of hydrogen-bond acceptors (Lipinski definition) is 1. The summed E-state index contributed by atoms with van der Waals surface area (Å²) in [6.45, 7) is 1.58. The summed E-state index contributed by atoms with van der Waals surface area (Å²) in [6.07, 6.45) is 1.25. The maximum Gasteiger partial charge on any atom is 0.289 e. The molecule has 0 aromatic heterocycles. The molecule has 0 rings (SSSR count). The molecule has 0 bridgehead atoms. The quantitative estimate of drug-likeness (QED) is 0.472. The van der Waals surface area contributed by atoms with Gasteiger partial charge in [-0.2, -0.15) is 8.78 Å². The third-order valence-electron chi connectivity index (χ3n) is 0. The molecule has 7 heavy (non-hydrogen) atoms. The van der Waals surface area contributed by atoms with Crippen molar-refractivity contribution in [3.63, 3.8) is 0 Å². The van der Waals surface area contributed by atoms with Gasteiger partial charge in [0.1, 0.15) is 0 Å². The van der Waals surface area contributed by atoms with Crippen LogP contribution < -0.4 is 5.73 Å². The summed E-state index contributed by atoms with van der Waals surface area (Å²) in [5.41, 5.74) is 3.78. The molecule has 0 aliphatic rings. The van der Waals surface area contributed by atoms with Gasteiger partial charge in [-0.1, -0.05) is 20.3 Å². The summed E-state index contributed by atoms with van der Waals surface area (Å²) in [4.78, 5) is 0. The maximum absolute atomic E-state index is 10.1. The van der Waals surface area contributed by atoms with Gasteiger partial charge in [0.15, 0.2) is 0 Å². The molecular weight excluding hydrogens is 100 g/mol. The van der Waals surface area contributed by atoms with Crippen LogP contribution in [0.15, 0.2) is 0 Å². The molecule has 0 saturated heterocycles. The summed E-state index contributed by atoms with van der Waals surface area (Å²) in [5, 5.41) is 0. The fourth-order valence-electron chi connectivity index (χ4n) is 0. The smallest absolute Gasteiger partial charge is 0.275 e. The Morgan fingerprint density at radius 2 is 1.43 bits per heavy atom. The lowest BCUT2D eigenvalue weighted by Crippen LogP contribution is -2.02. The van der Waals surface area contributed by atoms with E-state index >= 15 is 0 Å². The average Bonchev–Trinajstić information content (AvgIpc) is 1.33. The van der Waals surface area contributed by atoms with Crippen molar-refractivity contribution in [2.75, 3.05) is 0 Å². The zero-order chi connectivity index (χ0) is 6.28. The highest BCUT2D eigenvalue weighted by molar-refractivity contribution is 4.00. The van der Waals surface area contributed by atoms with Crippen LogP contribution in [-0.2, 0) is 0 Å². The van der Waals surface area contributed by atoms with Gasteiger partial charge in [-0.15, -0.1) is 0 Å². The lowest BCUT2D eigenvalue weighted by atomic mass is 10.6. The Morgan fingerprint density at radius 1 is 1.43 bits per heavy atom. The summed E-state index contributed by atoms with van der Waals surface area (Å²) in [7, 11) is 0. The Kier molecular flexibility index (Phi) is 13.2. The molecule has 0 saturated carbocycles. The highest BCUT2D eigenvalue weighted by Gasteiger charge is 1.79. The minimum atomic E-state index is -2.67. The molecule has 2 N–H and O–H groups in total. The summed E-state index contributed by atoms with van der Waals surface area (Å²) in [6, 6.07) is 0. The van der Waals surface area contributed by atoms with Crippen molar-refractivity contribution in [1.82, 2.24) is 0 Å². The van der Waals surface area contributed by atoms with Crippen molar-refractivity contribution in [3.8, 4) is 0 Å². The molecule has 0 spiro atoms. The van der Waals surface area contributed by atoms with E-state index in [1.807, 2.05) is 0 Å². The normalized spacial score (nSPS) is 7.71. The first-order valence-electron chi connectivity index (χ1n) is 2.18. The van der Waals surface area contributed by atoms with Crippen molar-refractivity contribution in [2.45, 2.75) is 26.8 Å². The molecule has 0 aromatic carbocycles. The summed E-state index contributed by atoms with van der Waals surface area (Å²) >= 11 is 0. The first-order chi connectivity index (χ1) is 3.15. The monoisotopic (exact) mass is 111 g/mol. The van der Waals surface area contributed by atoms with E-state index in [2.05, 4.69) is 19.6 Å². The summed E-state index contributed by atoms with van der Waals surface area (Å²) < 4.78 is 20.2. The van der Waals surface area contributed by atoms with Crippen LogP contribution in [0.3, 0.4) is 0 Å². The molecule has 0 amide bonds. The number of rotatable bonds is 0. The predicted molar refractivity (Wildman–Crippen MR) is 26.2 cm³/mol. The molecule has 0 aromatic rings. The summed E-state index contributed by atoms with van der Waals surface area (Å²) in [5.74, 6) is 0. The van der Waals surface area contributed by atoms with Crippen LogP contribution >= 0.6 is 0 Å². The van der Waals surface area contributed by atoms with Crippen molar-refractivity contribution in [2.24, 2.45) is 5.73 Å². The van der Waals surface area contributed by atoms with Crippen LogP contribution in [0.25, 0.3) is 0 Å². The molecule has 0 aliphatic carbocycles. The zero-order valence-corrected chi connectivity index (χ0v) is 4.62. The van der Waals surface area contributed by atoms with E-state index in [1.165, 1.54) is 6.42 Å². The number of halogens is 2. The molecular formula is C4H11F2N. The molecule has 3 heteroatoms. The van der Waals surface area contributed by atoms with Gasteiger partial charge in [-0.25, -0.2) is 0 Å². The van der Waals surface area contributed by atoms with E-state index in [9.17, 15) is 8.78 Å². The molecule has 0 aliphatic heterocycles. The molecule has 1 nitrogen and oxygen atoms in total. The molecule has 0 heterocycles. The third kappa shape index (κ3) is 2620. The predicted octanol–water partition coefficient (Wildman–Crippen LogP) is 1.58. The van der Waals surface area contributed by atoms with Crippen molar-refractivity contribution < 1.29 is 8.78 Å². The lowest BCUT2D eigenvalue weighted by molar-refractivity contribution is 0.157. The molecule has 0 radical (unpaired) electrons. The van der Waals surface area contributed by atoms with Gasteiger partial charge in [0, 0.05) is 0 Å². The van der Waals surface area contributed by atoms with Crippen molar-refractivity contribution >= 4 is 0 Å². The zero-order valence-electron chi connectivity index (χ0n) is 4.62. The SMILES string of the molecule is CCC.NC(F)F. The Hall–Kier alpha value is -0.180. The van der Waals surface area contributed by atoms with E-state index in [1.54, 1.807) is 0 Å². The van der Waals surface area contributed by atoms with E-state index < -0.39 is 6.55 Å². The first kappa shape index (κ1) is 9.94. The van der Waals surface area contributed by atoms with Crippen molar-refractivity contribution in [3.05, 3.63) is 0 Å². The highest BCUT2D eigenvalue weighted by Crippen LogP contribution is 1.71. The minimum Gasteiger partial charge on any atom is -0.275 e. The van der Waals surface area contributed by atoms with Gasteiger partial charge < -0.3 is 0 Å². The maximum atomic E-state index is 10.1. The van der Waals surface area contributed by atoms with Crippen molar-refractivity contribution in [1.29, 1.82) is 0 Å². The van der Waals surface area contributed by atoms with Crippen LogP contribution in [0.4, 0.5) is 8.78 Å². The number of hydrogen-bond donors (Lipinski definition) is 1. The Morgan fingerprint density at radius 3 is 1.43 bits per heavy atom. The van der Waals surface area contributed by atoms with Crippen LogP contribution in [0.1, 0.15) is 20.3 Å². The molecule has 0 fully saturated rings. The van der Waals surface area contributed by atoms with Crippen LogP contribution in [0, 0.1) is 0 Å². The van der Waals surface area contributed by atoms with E-state index in [0.717, 1.165) is 0 Å². The average molecular weight is 111 g/mol. The molecule has 0 unspecified atom stereocenters. The van der Waals surface area contributed by atoms with E-state index in [-0.39, 0.29) is 0 Å². The van der Waals surface area contributed by atoms with Gasteiger partial charge >= 0.3 is 0 Å². The van der Waals surface area contributed by atoms with Crippen LogP contribution in [0.2, 0.25) is 0 Å². The minimum absolute atomic E-state index is 1.25. The molecule has 0 atom stereocenters. The fourth-order valence-corrected chi connectivity index (χ4v) is 0. The Labute approximate surface area is 42.5 Å². The third-order valence-corrected chi connectivity index (χ3v) is 0. The number of alkyl halides is 2. The Balaban J connectivity index is 0. The largest absolute Gasteiger partial charge is 0.289 e. The van der Waals surface area contributed by atoms with E-state index in [0.29, 0.717) is 0 Å². The highest BCUT2D eigenvalue weighted by atomic mass is 19.3. The second-order valence-corrected chi connectivity index (χ2v) is 1.04. The topological polar surface area (TPSA) is 26.0 Å². The van der Waals surface area contributed by atoms with Gasteiger partial charge in [0.25, 0.3) is 6.55 Å². The first-order valence-corrected chi connectivity index (χ1v) is 2.18. The van der Waals surface area contributed by atoms with Crippen LogP contribution in [0.5, 0.6) is 0 Å². The van der Waals surface area contributed by atoms with Gasteiger partial charge in [0.05, 0.1) is 0 Å². The fraction of sp³-hybridized carbons (Fsp3) is 1.00. The van der Waals surface area contributed by atoms with Gasteiger partial charge in [0.2, 0.25) is 0 Å².